The van der Waals surface area contributed by atoms with Crippen molar-refractivity contribution in [1.82, 2.24) is 0 Å². The molecule has 0 radical (unpaired) electrons. The molecule has 1 N–H and O–H groups in total. The Bertz CT molecular complexity index is 998. The molecule has 3 rings (SSSR count). The Balaban J connectivity index is 1.85. The summed E-state index contributed by atoms with van der Waals surface area (Å²) < 4.78 is 21.8. The van der Waals surface area contributed by atoms with Crippen LogP contribution in [0.1, 0.15) is 15.9 Å². The van der Waals surface area contributed by atoms with Gasteiger partial charge in [0, 0.05) is 10.6 Å². The monoisotopic (exact) mass is 427 g/mol. The van der Waals surface area contributed by atoms with Gasteiger partial charge < -0.3 is 24.3 Å². The molecule has 3 aromatic rings. The lowest BCUT2D eigenvalue weighted by Crippen LogP contribution is -2.13. The summed E-state index contributed by atoms with van der Waals surface area (Å²) in [5, 5.41) is 3.32. The Hall–Kier alpha value is -3.38. The summed E-state index contributed by atoms with van der Waals surface area (Å²) in [5.74, 6) is 1.30. The standard InChI is InChI=1S/C23H22ClNO5/c1-27-20-11-16(12-21(28-2)22(20)29-3)23(26)25-18-13-17(24)9-10-19(18)30-14-15-7-5-4-6-8-15/h4-13H,14H2,1-3H3,(H,25,26). The predicted octanol–water partition coefficient (Wildman–Crippen LogP) is 5.20. The number of anilines is 1. The van der Waals surface area contributed by atoms with Crippen LogP contribution >= 0.6 is 11.6 Å². The van der Waals surface area contributed by atoms with E-state index in [1.165, 1.54) is 21.3 Å². The average molecular weight is 428 g/mol. The Labute approximate surface area is 180 Å². The SMILES string of the molecule is COc1cc(C(=O)Nc2cc(Cl)ccc2OCc2ccccc2)cc(OC)c1OC. The fraction of sp³-hybridized carbons (Fsp3) is 0.174. The fourth-order valence-electron chi connectivity index (χ4n) is 2.87. The van der Waals surface area contributed by atoms with E-state index in [1.54, 1.807) is 30.3 Å². The van der Waals surface area contributed by atoms with Crippen molar-refractivity contribution in [3.8, 4) is 23.0 Å². The molecule has 0 saturated carbocycles. The van der Waals surface area contributed by atoms with Gasteiger partial charge in [0.25, 0.3) is 5.91 Å². The van der Waals surface area contributed by atoms with E-state index in [4.69, 9.17) is 30.5 Å². The van der Waals surface area contributed by atoms with Crippen LogP contribution in [0.3, 0.4) is 0 Å². The Morgan fingerprint density at radius 1 is 0.867 bits per heavy atom. The minimum Gasteiger partial charge on any atom is -0.493 e. The predicted molar refractivity (Wildman–Crippen MR) is 116 cm³/mol. The first-order valence-electron chi connectivity index (χ1n) is 9.13. The normalized spacial score (nSPS) is 10.3. The van der Waals surface area contributed by atoms with Crippen LogP contribution < -0.4 is 24.3 Å². The van der Waals surface area contributed by atoms with Gasteiger partial charge in [0.2, 0.25) is 5.75 Å². The number of rotatable bonds is 8. The smallest absolute Gasteiger partial charge is 0.256 e. The van der Waals surface area contributed by atoms with E-state index in [9.17, 15) is 4.79 Å². The number of nitrogens with one attached hydrogen (secondary N) is 1. The first-order chi connectivity index (χ1) is 14.5. The highest BCUT2D eigenvalue weighted by Gasteiger charge is 2.18. The number of ether oxygens (including phenoxy) is 4. The molecular weight excluding hydrogens is 406 g/mol. The second-order valence-electron chi connectivity index (χ2n) is 6.28. The summed E-state index contributed by atoms with van der Waals surface area (Å²) in [6.45, 7) is 0.357. The van der Waals surface area contributed by atoms with Gasteiger partial charge in [-0.15, -0.1) is 0 Å². The van der Waals surface area contributed by atoms with E-state index in [1.807, 2.05) is 30.3 Å². The van der Waals surface area contributed by atoms with E-state index in [0.717, 1.165) is 5.56 Å². The maximum Gasteiger partial charge on any atom is 0.256 e. The molecule has 6 nitrogen and oxygen atoms in total. The average Bonchev–Trinajstić information content (AvgIpc) is 2.78. The topological polar surface area (TPSA) is 66.0 Å². The largest absolute Gasteiger partial charge is 0.493 e. The Morgan fingerprint density at radius 3 is 2.13 bits per heavy atom. The molecule has 156 valence electrons. The van der Waals surface area contributed by atoms with Crippen molar-refractivity contribution in [2.45, 2.75) is 6.61 Å². The van der Waals surface area contributed by atoms with Crippen LogP contribution in [0.5, 0.6) is 23.0 Å². The van der Waals surface area contributed by atoms with Gasteiger partial charge in [-0.3, -0.25) is 4.79 Å². The maximum atomic E-state index is 12.9. The molecule has 0 aliphatic heterocycles. The summed E-state index contributed by atoms with van der Waals surface area (Å²) in [6.07, 6.45) is 0. The molecular formula is C23H22ClNO5. The van der Waals surface area contributed by atoms with Crippen LogP contribution in [-0.4, -0.2) is 27.2 Å². The maximum absolute atomic E-state index is 12.9. The Kier molecular flexibility index (Phi) is 7.03. The van der Waals surface area contributed by atoms with Gasteiger partial charge in [-0.25, -0.2) is 0 Å². The number of hydrogen-bond acceptors (Lipinski definition) is 5. The first-order valence-corrected chi connectivity index (χ1v) is 9.51. The molecule has 30 heavy (non-hydrogen) atoms. The second kappa shape index (κ2) is 9.89. The number of carbonyl (C=O) groups excluding carboxylic acids is 1. The quantitative estimate of drug-likeness (QED) is 0.535. The molecule has 0 atom stereocenters. The van der Waals surface area contributed by atoms with Gasteiger partial charge in [-0.1, -0.05) is 41.9 Å². The van der Waals surface area contributed by atoms with Crippen LogP contribution in [0, 0.1) is 0 Å². The van der Waals surface area contributed by atoms with Crippen molar-refractivity contribution in [3.63, 3.8) is 0 Å². The van der Waals surface area contributed by atoms with Crippen LogP contribution in [0.15, 0.2) is 60.7 Å². The van der Waals surface area contributed by atoms with Crippen molar-refractivity contribution >= 4 is 23.2 Å². The molecule has 1 amide bonds. The number of halogens is 1. The van der Waals surface area contributed by atoms with Gasteiger partial charge in [-0.05, 0) is 35.9 Å². The lowest BCUT2D eigenvalue weighted by Gasteiger charge is -2.16. The van der Waals surface area contributed by atoms with Crippen LogP contribution in [0.4, 0.5) is 5.69 Å². The van der Waals surface area contributed by atoms with Gasteiger partial charge >= 0.3 is 0 Å². The molecule has 0 heterocycles. The number of benzene rings is 3. The molecule has 3 aromatic carbocycles. The molecule has 0 bridgehead atoms. The molecule has 0 aromatic heterocycles. The van der Waals surface area contributed by atoms with Gasteiger partial charge in [-0.2, -0.15) is 0 Å². The molecule has 0 aliphatic carbocycles. The van der Waals surface area contributed by atoms with Gasteiger partial charge in [0.1, 0.15) is 12.4 Å². The summed E-state index contributed by atoms with van der Waals surface area (Å²) >= 11 is 6.13. The molecule has 0 spiro atoms. The minimum absolute atomic E-state index is 0.332. The number of amides is 1. The molecule has 7 heteroatoms. The van der Waals surface area contributed by atoms with E-state index in [2.05, 4.69) is 5.32 Å². The Morgan fingerprint density at radius 2 is 1.53 bits per heavy atom. The van der Waals surface area contributed by atoms with Crippen LogP contribution in [-0.2, 0) is 6.61 Å². The van der Waals surface area contributed by atoms with Gasteiger partial charge in [0.05, 0.1) is 27.0 Å². The van der Waals surface area contributed by atoms with Crippen molar-refractivity contribution in [2.75, 3.05) is 26.6 Å². The third-order valence-electron chi connectivity index (χ3n) is 4.35. The fourth-order valence-corrected chi connectivity index (χ4v) is 3.04. The van der Waals surface area contributed by atoms with Gasteiger partial charge in [0.15, 0.2) is 11.5 Å². The van der Waals surface area contributed by atoms with E-state index >= 15 is 0 Å². The van der Waals surface area contributed by atoms with Crippen LogP contribution in [0.2, 0.25) is 5.02 Å². The first kappa shape index (κ1) is 21.3. The third kappa shape index (κ3) is 4.96. The summed E-state index contributed by atoms with van der Waals surface area (Å²) in [4.78, 5) is 12.9. The highest BCUT2D eigenvalue weighted by Crippen LogP contribution is 2.38. The number of methoxy groups -OCH3 is 3. The zero-order valence-electron chi connectivity index (χ0n) is 16.9. The van der Waals surface area contributed by atoms with E-state index in [-0.39, 0.29) is 5.91 Å². The molecule has 0 saturated heterocycles. The molecule has 0 unspecified atom stereocenters. The van der Waals surface area contributed by atoms with Crippen molar-refractivity contribution < 1.29 is 23.7 Å². The van der Waals surface area contributed by atoms with Crippen molar-refractivity contribution in [3.05, 3.63) is 76.8 Å². The minimum atomic E-state index is -0.374. The van der Waals surface area contributed by atoms with Crippen molar-refractivity contribution in [1.29, 1.82) is 0 Å². The highest BCUT2D eigenvalue weighted by molar-refractivity contribution is 6.31. The lowest BCUT2D eigenvalue weighted by atomic mass is 10.1. The zero-order chi connectivity index (χ0) is 21.5. The zero-order valence-corrected chi connectivity index (χ0v) is 17.7. The number of hydrogen-bond donors (Lipinski definition) is 1. The third-order valence-corrected chi connectivity index (χ3v) is 4.59. The lowest BCUT2D eigenvalue weighted by molar-refractivity contribution is 0.102. The van der Waals surface area contributed by atoms with Crippen LogP contribution in [0.25, 0.3) is 0 Å². The summed E-state index contributed by atoms with van der Waals surface area (Å²) in [7, 11) is 4.49. The van der Waals surface area contributed by atoms with E-state index in [0.29, 0.717) is 45.9 Å². The van der Waals surface area contributed by atoms with Crippen molar-refractivity contribution in [2.24, 2.45) is 0 Å². The molecule has 0 aliphatic rings. The summed E-state index contributed by atoms with van der Waals surface area (Å²) in [6, 6.07) is 18.0. The number of carbonyl (C=O) groups is 1. The van der Waals surface area contributed by atoms with E-state index < -0.39 is 0 Å². The highest BCUT2D eigenvalue weighted by atomic mass is 35.5. The molecule has 0 fully saturated rings. The summed E-state index contributed by atoms with van der Waals surface area (Å²) in [5.41, 5.74) is 1.80. The second-order valence-corrected chi connectivity index (χ2v) is 6.72.